The molecule has 0 aliphatic rings. The average Bonchev–Trinajstić information content (AvgIpc) is 3.25. The highest BCUT2D eigenvalue weighted by atomic mass is 16.5. The lowest BCUT2D eigenvalue weighted by atomic mass is 10.2. The maximum absolute atomic E-state index is 5.98. The van der Waals surface area contributed by atoms with Crippen molar-refractivity contribution >= 4 is 5.96 Å². The van der Waals surface area contributed by atoms with E-state index in [0.717, 1.165) is 29.6 Å². The maximum atomic E-state index is 5.98. The molecule has 3 aromatic rings. The summed E-state index contributed by atoms with van der Waals surface area (Å²) in [5.41, 5.74) is 2.25. The summed E-state index contributed by atoms with van der Waals surface area (Å²) < 4.78 is 7.72. The van der Waals surface area contributed by atoms with Crippen LogP contribution in [0.25, 0.3) is 5.82 Å². The van der Waals surface area contributed by atoms with E-state index < -0.39 is 0 Å². The smallest absolute Gasteiger partial charge is 0.191 e. The van der Waals surface area contributed by atoms with Gasteiger partial charge in [-0.15, -0.1) is 0 Å². The fraction of sp³-hybridized carbons (Fsp3) is 0.318. The fourth-order valence-corrected chi connectivity index (χ4v) is 2.80. The van der Waals surface area contributed by atoms with Gasteiger partial charge >= 0.3 is 0 Å². The number of ether oxygens (including phenoxy) is 1. The SMILES string of the molecule is CCNC(=NCc1ccnc(-n2cccn2)c1)NCC(C)Oc1cccc(C)c1. The van der Waals surface area contributed by atoms with Gasteiger partial charge in [-0.05, 0) is 62.2 Å². The molecule has 1 unspecified atom stereocenters. The van der Waals surface area contributed by atoms with Crippen LogP contribution >= 0.6 is 0 Å². The van der Waals surface area contributed by atoms with Crippen LogP contribution in [0.3, 0.4) is 0 Å². The molecule has 0 saturated carbocycles. The number of aryl methyl sites for hydroxylation is 1. The predicted octanol–water partition coefficient (Wildman–Crippen LogP) is 3.10. The fourth-order valence-electron chi connectivity index (χ4n) is 2.80. The standard InChI is InChI=1S/C22H28N6O/c1-4-23-22(25-15-18(3)29-20-8-5-7-17(2)13-20)26-16-19-9-11-24-21(14-19)28-12-6-10-27-28/h5-14,18H,4,15-16H2,1-3H3,(H2,23,25,26). The lowest BCUT2D eigenvalue weighted by Crippen LogP contribution is -2.41. The predicted molar refractivity (Wildman–Crippen MR) is 115 cm³/mol. The van der Waals surface area contributed by atoms with E-state index in [1.807, 2.05) is 56.4 Å². The molecule has 0 aliphatic heterocycles. The van der Waals surface area contributed by atoms with Crippen LogP contribution in [0.15, 0.2) is 66.0 Å². The Morgan fingerprint density at radius 1 is 1.17 bits per heavy atom. The molecule has 0 radical (unpaired) electrons. The average molecular weight is 393 g/mol. The number of nitrogens with zero attached hydrogens (tertiary/aromatic N) is 4. The number of hydrogen-bond acceptors (Lipinski definition) is 4. The van der Waals surface area contributed by atoms with Gasteiger partial charge in [0.1, 0.15) is 11.9 Å². The molecule has 0 amide bonds. The Hall–Kier alpha value is -3.35. The summed E-state index contributed by atoms with van der Waals surface area (Å²) in [4.78, 5) is 9.04. The van der Waals surface area contributed by atoms with E-state index >= 15 is 0 Å². The Kier molecular flexibility index (Phi) is 7.22. The molecule has 2 N–H and O–H groups in total. The highest BCUT2D eigenvalue weighted by Crippen LogP contribution is 2.14. The molecular formula is C22H28N6O. The quantitative estimate of drug-likeness (QED) is 0.455. The normalized spacial score (nSPS) is 12.4. The third-order valence-corrected chi connectivity index (χ3v) is 4.20. The molecule has 0 spiro atoms. The zero-order valence-corrected chi connectivity index (χ0v) is 17.2. The first-order valence-electron chi connectivity index (χ1n) is 9.84. The van der Waals surface area contributed by atoms with Gasteiger partial charge in [-0.25, -0.2) is 14.7 Å². The number of pyridine rings is 1. The van der Waals surface area contributed by atoms with Crippen molar-refractivity contribution in [2.75, 3.05) is 13.1 Å². The van der Waals surface area contributed by atoms with Gasteiger partial charge in [-0.2, -0.15) is 5.10 Å². The maximum Gasteiger partial charge on any atom is 0.191 e. The summed E-state index contributed by atoms with van der Waals surface area (Å²) >= 11 is 0. The molecular weight excluding hydrogens is 364 g/mol. The van der Waals surface area contributed by atoms with Crippen molar-refractivity contribution in [1.82, 2.24) is 25.4 Å². The largest absolute Gasteiger partial charge is 0.489 e. The van der Waals surface area contributed by atoms with Gasteiger partial charge < -0.3 is 15.4 Å². The minimum Gasteiger partial charge on any atom is -0.489 e. The number of aliphatic imine (C=N–C) groups is 1. The van der Waals surface area contributed by atoms with E-state index in [-0.39, 0.29) is 6.10 Å². The van der Waals surface area contributed by atoms with Crippen LogP contribution < -0.4 is 15.4 Å². The van der Waals surface area contributed by atoms with E-state index in [0.29, 0.717) is 13.1 Å². The van der Waals surface area contributed by atoms with Crippen molar-refractivity contribution in [1.29, 1.82) is 0 Å². The zero-order valence-electron chi connectivity index (χ0n) is 17.2. The van der Waals surface area contributed by atoms with Gasteiger partial charge in [-0.3, -0.25) is 0 Å². The van der Waals surface area contributed by atoms with Gasteiger partial charge in [0.2, 0.25) is 0 Å². The molecule has 3 rings (SSSR count). The molecule has 29 heavy (non-hydrogen) atoms. The van der Waals surface area contributed by atoms with E-state index in [2.05, 4.69) is 38.7 Å². The second-order valence-electron chi connectivity index (χ2n) is 6.79. The van der Waals surface area contributed by atoms with Gasteiger partial charge in [0.15, 0.2) is 11.8 Å². The van der Waals surface area contributed by atoms with Crippen LogP contribution in [0, 0.1) is 6.92 Å². The molecule has 2 heterocycles. The van der Waals surface area contributed by atoms with E-state index in [9.17, 15) is 0 Å². The first kappa shape index (κ1) is 20.4. The van der Waals surface area contributed by atoms with Crippen LogP contribution in [0.5, 0.6) is 5.75 Å². The summed E-state index contributed by atoms with van der Waals surface area (Å²) in [6, 6.07) is 13.9. The lowest BCUT2D eigenvalue weighted by molar-refractivity contribution is 0.223. The second-order valence-corrected chi connectivity index (χ2v) is 6.79. The summed E-state index contributed by atoms with van der Waals surface area (Å²) in [6.45, 7) is 8.12. The second kappa shape index (κ2) is 10.3. The number of rotatable bonds is 8. The van der Waals surface area contributed by atoms with Crippen molar-refractivity contribution < 1.29 is 4.74 Å². The number of guanidine groups is 1. The summed E-state index contributed by atoms with van der Waals surface area (Å²) in [5.74, 6) is 2.41. The number of aromatic nitrogens is 3. The topological polar surface area (TPSA) is 76.4 Å². The Morgan fingerprint density at radius 3 is 2.83 bits per heavy atom. The molecule has 1 atom stereocenters. The number of benzene rings is 1. The van der Waals surface area contributed by atoms with Crippen LogP contribution in [-0.2, 0) is 6.54 Å². The number of hydrogen-bond donors (Lipinski definition) is 2. The molecule has 7 nitrogen and oxygen atoms in total. The van der Waals surface area contributed by atoms with Crippen LogP contribution in [0.2, 0.25) is 0 Å². The third-order valence-electron chi connectivity index (χ3n) is 4.20. The van der Waals surface area contributed by atoms with Gasteiger partial charge in [0, 0.05) is 25.1 Å². The Balaban J connectivity index is 1.57. The molecule has 152 valence electrons. The Morgan fingerprint density at radius 2 is 2.07 bits per heavy atom. The molecule has 0 aliphatic carbocycles. The van der Waals surface area contributed by atoms with Crippen molar-refractivity contribution in [3.63, 3.8) is 0 Å². The summed E-state index contributed by atoms with van der Waals surface area (Å²) in [6.07, 6.45) is 5.39. The number of nitrogens with one attached hydrogen (secondary N) is 2. The van der Waals surface area contributed by atoms with Gasteiger partial charge in [0.05, 0.1) is 13.1 Å². The minimum absolute atomic E-state index is 0.00741. The molecule has 1 aromatic carbocycles. The van der Waals surface area contributed by atoms with E-state index in [4.69, 9.17) is 4.74 Å². The van der Waals surface area contributed by atoms with Crippen LogP contribution in [0.4, 0.5) is 0 Å². The van der Waals surface area contributed by atoms with Crippen molar-refractivity contribution in [2.45, 2.75) is 33.4 Å². The molecule has 0 saturated heterocycles. The first-order valence-corrected chi connectivity index (χ1v) is 9.84. The first-order chi connectivity index (χ1) is 14.1. The Bertz CT molecular complexity index is 923. The zero-order chi connectivity index (χ0) is 20.5. The van der Waals surface area contributed by atoms with Crippen LogP contribution in [-0.4, -0.2) is 39.9 Å². The van der Waals surface area contributed by atoms with E-state index in [1.54, 1.807) is 17.1 Å². The van der Waals surface area contributed by atoms with Crippen molar-refractivity contribution in [2.24, 2.45) is 4.99 Å². The van der Waals surface area contributed by atoms with Gasteiger partial charge in [0.25, 0.3) is 0 Å². The highest BCUT2D eigenvalue weighted by Gasteiger charge is 2.06. The molecule has 2 aromatic heterocycles. The summed E-state index contributed by atoms with van der Waals surface area (Å²) in [7, 11) is 0. The molecule has 7 heteroatoms. The molecule has 0 bridgehead atoms. The van der Waals surface area contributed by atoms with E-state index in [1.165, 1.54) is 5.56 Å². The van der Waals surface area contributed by atoms with Crippen molar-refractivity contribution in [3.8, 4) is 11.6 Å². The van der Waals surface area contributed by atoms with Crippen LogP contribution in [0.1, 0.15) is 25.0 Å². The molecule has 0 fully saturated rings. The lowest BCUT2D eigenvalue weighted by Gasteiger charge is -2.18. The monoisotopic (exact) mass is 392 g/mol. The Labute approximate surface area is 171 Å². The van der Waals surface area contributed by atoms with Crippen molar-refractivity contribution in [3.05, 3.63) is 72.2 Å². The van der Waals surface area contributed by atoms with Gasteiger partial charge in [-0.1, -0.05) is 12.1 Å². The minimum atomic E-state index is 0.00741. The third kappa shape index (κ3) is 6.34. The summed E-state index contributed by atoms with van der Waals surface area (Å²) in [5, 5.41) is 10.8. The highest BCUT2D eigenvalue weighted by molar-refractivity contribution is 5.79.